The predicted molar refractivity (Wildman–Crippen MR) is 113 cm³/mol. The number of halogens is 1. The van der Waals surface area contributed by atoms with Crippen molar-refractivity contribution >= 4 is 29.4 Å². The van der Waals surface area contributed by atoms with Crippen LogP contribution in [-0.4, -0.2) is 10.0 Å². The van der Waals surface area contributed by atoms with Gasteiger partial charge < -0.3 is 5.11 Å². The third-order valence-corrected chi connectivity index (χ3v) is 4.75. The normalized spacial score (nSPS) is 12.2. The summed E-state index contributed by atoms with van der Waals surface area (Å²) in [4.78, 5) is 10.7. The molecule has 0 heterocycles. The third kappa shape index (κ3) is 5.06. The lowest BCUT2D eigenvalue weighted by atomic mass is 9.99. The Morgan fingerprint density at radius 1 is 1.04 bits per heavy atom. The first-order valence-electron chi connectivity index (χ1n) is 8.88. The van der Waals surface area contributed by atoms with E-state index in [1.54, 1.807) is 18.2 Å². The van der Waals surface area contributed by atoms with E-state index in [-0.39, 0.29) is 5.69 Å². The molecule has 3 rings (SSSR count). The average molecular weight is 394 g/mol. The first-order chi connectivity index (χ1) is 13.4. The van der Waals surface area contributed by atoms with Crippen LogP contribution in [0.1, 0.15) is 33.9 Å². The highest BCUT2D eigenvalue weighted by molar-refractivity contribution is 6.30. The molecule has 0 radical (unpaired) electrons. The van der Waals surface area contributed by atoms with Crippen LogP contribution < -0.4 is 0 Å². The highest BCUT2D eigenvalue weighted by Crippen LogP contribution is 2.25. The van der Waals surface area contributed by atoms with Crippen molar-refractivity contribution in [3.05, 3.63) is 110 Å². The number of nitro groups is 1. The van der Waals surface area contributed by atoms with Crippen molar-refractivity contribution in [1.82, 2.24) is 0 Å². The summed E-state index contributed by atoms with van der Waals surface area (Å²) in [5.41, 5.74) is 4.44. The lowest BCUT2D eigenvalue weighted by Gasteiger charge is -2.11. The van der Waals surface area contributed by atoms with Gasteiger partial charge in [-0.1, -0.05) is 71.8 Å². The summed E-state index contributed by atoms with van der Waals surface area (Å²) < 4.78 is 0. The van der Waals surface area contributed by atoms with E-state index in [9.17, 15) is 15.2 Å². The molecule has 5 heteroatoms. The monoisotopic (exact) mass is 393 g/mol. The maximum atomic E-state index is 11.1. The second-order valence-corrected chi connectivity index (χ2v) is 7.10. The molecule has 0 bridgehead atoms. The predicted octanol–water partition coefficient (Wildman–Crippen LogP) is 6.00. The first-order valence-corrected chi connectivity index (χ1v) is 9.26. The Morgan fingerprint density at radius 2 is 1.71 bits per heavy atom. The summed E-state index contributed by atoms with van der Waals surface area (Å²) in [6.45, 7) is 2.01. The number of aliphatic hydroxyl groups is 1. The number of aryl methyl sites for hydroxylation is 1. The van der Waals surface area contributed by atoms with E-state index >= 15 is 0 Å². The van der Waals surface area contributed by atoms with E-state index in [2.05, 4.69) is 0 Å². The average Bonchev–Trinajstić information content (AvgIpc) is 2.67. The molecule has 0 fully saturated rings. The zero-order valence-electron chi connectivity index (χ0n) is 15.4. The Hall–Kier alpha value is -2.95. The van der Waals surface area contributed by atoms with Gasteiger partial charge >= 0.3 is 0 Å². The Kier molecular flexibility index (Phi) is 6.24. The molecule has 0 aromatic heterocycles. The molecular formula is C23H20ClNO3. The molecule has 0 saturated carbocycles. The van der Waals surface area contributed by atoms with Crippen molar-refractivity contribution in [3.8, 4) is 0 Å². The van der Waals surface area contributed by atoms with Crippen LogP contribution in [0, 0.1) is 17.0 Å². The fourth-order valence-electron chi connectivity index (χ4n) is 2.91. The molecule has 28 heavy (non-hydrogen) atoms. The smallest absolute Gasteiger partial charge is 0.276 e. The summed E-state index contributed by atoms with van der Waals surface area (Å²) in [6.07, 6.45) is 3.45. The van der Waals surface area contributed by atoms with Crippen LogP contribution >= 0.6 is 11.6 Å². The van der Waals surface area contributed by atoms with Gasteiger partial charge in [-0.15, -0.1) is 0 Å². The molecule has 0 aliphatic heterocycles. The van der Waals surface area contributed by atoms with Crippen LogP contribution in [0.25, 0.3) is 12.2 Å². The maximum Gasteiger partial charge on any atom is 0.276 e. The minimum atomic E-state index is -0.559. The Morgan fingerprint density at radius 3 is 2.36 bits per heavy atom. The summed E-state index contributed by atoms with van der Waals surface area (Å²) >= 11 is 5.95. The molecule has 0 aliphatic rings. The molecule has 0 saturated heterocycles. The number of nitrogens with zero attached hydrogens (tertiary/aromatic N) is 1. The van der Waals surface area contributed by atoms with Crippen molar-refractivity contribution in [1.29, 1.82) is 0 Å². The van der Waals surface area contributed by atoms with Crippen molar-refractivity contribution in [3.63, 3.8) is 0 Å². The van der Waals surface area contributed by atoms with E-state index < -0.39 is 11.0 Å². The second kappa shape index (κ2) is 8.83. The van der Waals surface area contributed by atoms with E-state index in [1.807, 2.05) is 55.5 Å². The molecule has 142 valence electrons. The number of aliphatic hydroxyl groups excluding tert-OH is 1. The van der Waals surface area contributed by atoms with Crippen LogP contribution in [0.3, 0.4) is 0 Å². The zero-order valence-corrected chi connectivity index (χ0v) is 16.1. The molecule has 1 atom stereocenters. The van der Waals surface area contributed by atoms with Crippen LogP contribution in [0.5, 0.6) is 0 Å². The van der Waals surface area contributed by atoms with Gasteiger partial charge in [-0.3, -0.25) is 10.1 Å². The number of benzene rings is 3. The largest absolute Gasteiger partial charge is 0.388 e. The number of rotatable bonds is 6. The number of hydrogen-bond acceptors (Lipinski definition) is 3. The first kappa shape index (κ1) is 19.8. The molecule has 1 unspecified atom stereocenters. The standard InChI is InChI=1S/C23H20ClNO3/c1-16-2-9-19(10-3-16)23(26)14-18-6-4-17(5-7-18)8-11-20-15-21(24)12-13-22(20)25(27)28/h2-13,15,23,26H,14H2,1H3/b11-8+. The highest BCUT2D eigenvalue weighted by atomic mass is 35.5. The second-order valence-electron chi connectivity index (χ2n) is 6.67. The van der Waals surface area contributed by atoms with Crippen molar-refractivity contribution < 1.29 is 10.0 Å². The molecule has 0 amide bonds. The quantitative estimate of drug-likeness (QED) is 0.317. The van der Waals surface area contributed by atoms with Crippen LogP contribution in [0.15, 0.2) is 66.7 Å². The summed E-state index contributed by atoms with van der Waals surface area (Å²) in [5, 5.41) is 22.0. The molecular weight excluding hydrogens is 374 g/mol. The van der Waals surface area contributed by atoms with Crippen molar-refractivity contribution in [2.24, 2.45) is 0 Å². The SMILES string of the molecule is Cc1ccc(C(O)Cc2ccc(/C=C/c3cc(Cl)ccc3[N+](=O)[O-])cc2)cc1. The zero-order chi connectivity index (χ0) is 20.1. The van der Waals surface area contributed by atoms with E-state index in [0.29, 0.717) is 17.0 Å². The Bertz CT molecular complexity index is 995. The van der Waals surface area contributed by atoms with Gasteiger partial charge in [-0.25, -0.2) is 0 Å². The minimum Gasteiger partial charge on any atom is -0.388 e. The van der Waals surface area contributed by atoms with Gasteiger partial charge in [0.2, 0.25) is 0 Å². The van der Waals surface area contributed by atoms with Gasteiger partial charge in [0.25, 0.3) is 5.69 Å². The van der Waals surface area contributed by atoms with Gasteiger partial charge in [-0.05, 0) is 41.8 Å². The summed E-state index contributed by atoms with van der Waals surface area (Å²) in [5.74, 6) is 0. The lowest BCUT2D eigenvalue weighted by Crippen LogP contribution is -2.01. The highest BCUT2D eigenvalue weighted by Gasteiger charge is 2.11. The maximum absolute atomic E-state index is 11.1. The van der Waals surface area contributed by atoms with Crippen LogP contribution in [-0.2, 0) is 6.42 Å². The van der Waals surface area contributed by atoms with Gasteiger partial charge in [0.15, 0.2) is 0 Å². The Balaban J connectivity index is 1.71. The topological polar surface area (TPSA) is 63.4 Å². The third-order valence-electron chi connectivity index (χ3n) is 4.51. The molecule has 0 spiro atoms. The van der Waals surface area contributed by atoms with Gasteiger partial charge in [0.05, 0.1) is 16.6 Å². The summed E-state index contributed by atoms with van der Waals surface area (Å²) in [7, 11) is 0. The van der Waals surface area contributed by atoms with Gasteiger partial charge in [0.1, 0.15) is 0 Å². The summed E-state index contributed by atoms with van der Waals surface area (Å²) in [6, 6.07) is 20.1. The minimum absolute atomic E-state index is 0.0125. The van der Waals surface area contributed by atoms with Gasteiger partial charge in [-0.2, -0.15) is 0 Å². The Labute approximate surface area is 168 Å². The number of nitro benzene ring substituents is 1. The van der Waals surface area contributed by atoms with E-state index in [0.717, 1.165) is 22.3 Å². The molecule has 3 aromatic carbocycles. The molecule has 4 nitrogen and oxygen atoms in total. The molecule has 3 aromatic rings. The van der Waals surface area contributed by atoms with Crippen molar-refractivity contribution in [2.75, 3.05) is 0 Å². The fraction of sp³-hybridized carbons (Fsp3) is 0.130. The van der Waals surface area contributed by atoms with Gasteiger partial charge in [0, 0.05) is 17.5 Å². The van der Waals surface area contributed by atoms with E-state index in [1.165, 1.54) is 12.1 Å². The van der Waals surface area contributed by atoms with E-state index in [4.69, 9.17) is 11.6 Å². The lowest BCUT2D eigenvalue weighted by molar-refractivity contribution is -0.385. The number of hydrogen-bond donors (Lipinski definition) is 1. The fourth-order valence-corrected chi connectivity index (χ4v) is 3.09. The molecule has 1 N–H and O–H groups in total. The van der Waals surface area contributed by atoms with Crippen LogP contribution in [0.4, 0.5) is 5.69 Å². The van der Waals surface area contributed by atoms with Crippen molar-refractivity contribution in [2.45, 2.75) is 19.4 Å². The molecule has 0 aliphatic carbocycles. The van der Waals surface area contributed by atoms with Crippen LogP contribution in [0.2, 0.25) is 5.02 Å².